The number of sulfonamides is 1. The van der Waals surface area contributed by atoms with E-state index in [-0.39, 0.29) is 16.6 Å². The van der Waals surface area contributed by atoms with Crippen molar-refractivity contribution in [2.75, 3.05) is 5.73 Å². The van der Waals surface area contributed by atoms with Crippen molar-refractivity contribution in [2.45, 2.75) is 30.2 Å². The van der Waals surface area contributed by atoms with Gasteiger partial charge in [-0.3, -0.25) is 0 Å². The van der Waals surface area contributed by atoms with E-state index in [0.29, 0.717) is 6.42 Å². The first-order chi connectivity index (χ1) is 8.49. The van der Waals surface area contributed by atoms with Crippen molar-refractivity contribution < 1.29 is 12.8 Å². The van der Waals surface area contributed by atoms with Crippen molar-refractivity contribution in [3.8, 4) is 0 Å². The number of allylic oxidation sites excluding steroid dienone is 1. The summed E-state index contributed by atoms with van der Waals surface area (Å²) < 4.78 is 39.8. The summed E-state index contributed by atoms with van der Waals surface area (Å²) in [7, 11) is -3.76. The second-order valence-electron chi connectivity index (χ2n) is 4.28. The van der Waals surface area contributed by atoms with Gasteiger partial charge in [-0.25, -0.2) is 17.5 Å². The molecule has 0 aromatic heterocycles. The van der Waals surface area contributed by atoms with Crippen molar-refractivity contribution in [2.24, 2.45) is 0 Å². The lowest BCUT2D eigenvalue weighted by molar-refractivity contribution is 0.521. The van der Waals surface area contributed by atoms with E-state index >= 15 is 0 Å². The van der Waals surface area contributed by atoms with Crippen LogP contribution in [-0.2, 0) is 10.0 Å². The Balaban J connectivity index is 2.24. The maximum Gasteiger partial charge on any atom is 0.242 e. The monoisotopic (exact) mass is 270 g/mol. The fraction of sp³-hybridized carbons (Fsp3) is 0.333. The average molecular weight is 270 g/mol. The molecule has 1 aromatic rings. The molecular formula is C12H15FN2O2S. The molecule has 98 valence electrons. The average Bonchev–Trinajstić information content (AvgIpc) is 2.33. The van der Waals surface area contributed by atoms with E-state index in [9.17, 15) is 12.8 Å². The number of rotatable bonds is 3. The summed E-state index contributed by atoms with van der Waals surface area (Å²) in [6, 6.07) is 3.18. The van der Waals surface area contributed by atoms with Crippen LogP contribution in [0.25, 0.3) is 0 Å². The van der Waals surface area contributed by atoms with Crippen LogP contribution in [0, 0.1) is 5.82 Å². The predicted octanol–water partition coefficient (Wildman–Crippen LogP) is 1.79. The molecule has 1 aliphatic rings. The zero-order valence-corrected chi connectivity index (χ0v) is 10.6. The molecule has 0 saturated heterocycles. The van der Waals surface area contributed by atoms with Crippen molar-refractivity contribution in [3.63, 3.8) is 0 Å². The van der Waals surface area contributed by atoms with Crippen LogP contribution in [0.15, 0.2) is 35.2 Å². The van der Waals surface area contributed by atoms with Crippen LogP contribution >= 0.6 is 0 Å². The molecule has 1 aromatic carbocycles. The Morgan fingerprint density at radius 2 is 2.11 bits per heavy atom. The molecule has 0 spiro atoms. The number of benzene rings is 1. The van der Waals surface area contributed by atoms with Gasteiger partial charge < -0.3 is 5.73 Å². The van der Waals surface area contributed by atoms with Gasteiger partial charge in [0.05, 0.1) is 5.69 Å². The Bertz CT molecular complexity index is 569. The molecule has 2 rings (SSSR count). The zero-order chi connectivity index (χ0) is 13.2. The summed E-state index contributed by atoms with van der Waals surface area (Å²) in [6.45, 7) is 0. The second kappa shape index (κ2) is 5.07. The molecule has 0 radical (unpaired) electrons. The first kappa shape index (κ1) is 13.0. The van der Waals surface area contributed by atoms with Gasteiger partial charge in [0.15, 0.2) is 0 Å². The van der Waals surface area contributed by atoms with Crippen LogP contribution in [-0.4, -0.2) is 14.5 Å². The topological polar surface area (TPSA) is 72.2 Å². The van der Waals surface area contributed by atoms with Gasteiger partial charge in [0.1, 0.15) is 10.7 Å². The summed E-state index contributed by atoms with van der Waals surface area (Å²) >= 11 is 0. The fourth-order valence-electron chi connectivity index (χ4n) is 1.92. The molecule has 1 unspecified atom stereocenters. The van der Waals surface area contributed by atoms with E-state index in [1.165, 1.54) is 6.07 Å². The van der Waals surface area contributed by atoms with Gasteiger partial charge in [-0.2, -0.15) is 0 Å². The molecule has 1 atom stereocenters. The lowest BCUT2D eigenvalue weighted by Crippen LogP contribution is -2.35. The summed E-state index contributed by atoms with van der Waals surface area (Å²) in [6.07, 6.45) is 6.18. The van der Waals surface area contributed by atoms with E-state index < -0.39 is 15.8 Å². The van der Waals surface area contributed by atoms with Crippen LogP contribution < -0.4 is 10.5 Å². The Kier molecular flexibility index (Phi) is 3.68. The summed E-state index contributed by atoms with van der Waals surface area (Å²) in [5.41, 5.74) is 5.63. The molecule has 0 bridgehead atoms. The van der Waals surface area contributed by atoms with E-state index in [2.05, 4.69) is 4.72 Å². The van der Waals surface area contributed by atoms with Gasteiger partial charge >= 0.3 is 0 Å². The Hall–Kier alpha value is -1.40. The van der Waals surface area contributed by atoms with Crippen LogP contribution in [0.4, 0.5) is 10.1 Å². The Morgan fingerprint density at radius 1 is 1.33 bits per heavy atom. The molecule has 6 heteroatoms. The first-order valence-corrected chi connectivity index (χ1v) is 7.20. The number of hydrogen-bond acceptors (Lipinski definition) is 3. The highest BCUT2D eigenvalue weighted by Gasteiger charge is 2.22. The van der Waals surface area contributed by atoms with Gasteiger partial charge in [0.25, 0.3) is 0 Å². The quantitative estimate of drug-likeness (QED) is 0.649. The molecule has 3 N–H and O–H groups in total. The first-order valence-electron chi connectivity index (χ1n) is 5.71. The number of nitrogens with one attached hydrogen (secondary N) is 1. The third-order valence-corrected chi connectivity index (χ3v) is 4.43. The van der Waals surface area contributed by atoms with Crippen LogP contribution in [0.5, 0.6) is 0 Å². The number of nitrogen functional groups attached to an aromatic ring is 1. The normalized spacial score (nSPS) is 19.9. The van der Waals surface area contributed by atoms with Gasteiger partial charge in [-0.05, 0) is 37.5 Å². The van der Waals surface area contributed by atoms with Gasteiger partial charge in [0, 0.05) is 6.04 Å². The standard InChI is InChI=1S/C12H15FN2O2S/c13-9-6-7-11(14)12(8-9)18(16,17)15-10-4-2-1-3-5-10/h1-2,6-8,10,15H,3-5,14H2. The highest BCUT2D eigenvalue weighted by atomic mass is 32.2. The van der Waals surface area contributed by atoms with E-state index in [0.717, 1.165) is 25.0 Å². The van der Waals surface area contributed by atoms with Crippen molar-refractivity contribution >= 4 is 15.7 Å². The Morgan fingerprint density at radius 3 is 2.78 bits per heavy atom. The van der Waals surface area contributed by atoms with Gasteiger partial charge in [0.2, 0.25) is 10.0 Å². The minimum absolute atomic E-state index is 0.0512. The summed E-state index contributed by atoms with van der Waals surface area (Å²) in [5, 5.41) is 0. The smallest absolute Gasteiger partial charge is 0.242 e. The lowest BCUT2D eigenvalue weighted by Gasteiger charge is -2.19. The SMILES string of the molecule is Nc1ccc(F)cc1S(=O)(=O)NC1CC=CCC1. The third kappa shape index (κ3) is 2.88. The number of hydrogen-bond donors (Lipinski definition) is 2. The molecule has 0 saturated carbocycles. The molecule has 1 aliphatic carbocycles. The van der Waals surface area contributed by atoms with Crippen molar-refractivity contribution in [1.82, 2.24) is 4.72 Å². The van der Waals surface area contributed by atoms with Gasteiger partial charge in [-0.1, -0.05) is 12.2 Å². The molecular weight excluding hydrogens is 255 g/mol. The van der Waals surface area contributed by atoms with Crippen LogP contribution in [0.1, 0.15) is 19.3 Å². The fourth-order valence-corrected chi connectivity index (χ4v) is 3.35. The highest BCUT2D eigenvalue weighted by Crippen LogP contribution is 2.21. The molecule has 0 aliphatic heterocycles. The lowest BCUT2D eigenvalue weighted by atomic mass is 10.0. The van der Waals surface area contributed by atoms with Gasteiger partial charge in [-0.15, -0.1) is 0 Å². The van der Waals surface area contributed by atoms with Crippen LogP contribution in [0.3, 0.4) is 0 Å². The Labute approximate surface area is 106 Å². The minimum Gasteiger partial charge on any atom is -0.398 e. The van der Waals surface area contributed by atoms with E-state index in [4.69, 9.17) is 5.73 Å². The summed E-state index contributed by atoms with van der Waals surface area (Å²) in [4.78, 5) is -0.197. The van der Waals surface area contributed by atoms with E-state index in [1.807, 2.05) is 12.2 Å². The molecule has 18 heavy (non-hydrogen) atoms. The third-order valence-electron chi connectivity index (χ3n) is 2.86. The summed E-state index contributed by atoms with van der Waals surface area (Å²) in [5.74, 6) is -0.617. The predicted molar refractivity (Wildman–Crippen MR) is 67.9 cm³/mol. The largest absolute Gasteiger partial charge is 0.398 e. The van der Waals surface area contributed by atoms with E-state index in [1.54, 1.807) is 0 Å². The second-order valence-corrected chi connectivity index (χ2v) is 5.97. The number of anilines is 1. The molecule has 0 amide bonds. The zero-order valence-electron chi connectivity index (χ0n) is 9.77. The molecule has 4 nitrogen and oxygen atoms in total. The van der Waals surface area contributed by atoms with Crippen LogP contribution in [0.2, 0.25) is 0 Å². The highest BCUT2D eigenvalue weighted by molar-refractivity contribution is 7.89. The number of nitrogens with two attached hydrogens (primary N) is 1. The minimum atomic E-state index is -3.76. The molecule has 0 fully saturated rings. The van der Waals surface area contributed by atoms with Crippen molar-refractivity contribution in [1.29, 1.82) is 0 Å². The maximum absolute atomic E-state index is 13.1. The number of halogens is 1. The van der Waals surface area contributed by atoms with Crippen molar-refractivity contribution in [3.05, 3.63) is 36.2 Å². The molecule has 0 heterocycles. The maximum atomic E-state index is 13.1.